The van der Waals surface area contributed by atoms with Crippen molar-refractivity contribution in [3.63, 3.8) is 0 Å². The maximum Gasteiger partial charge on any atom is 0.219 e. The Balaban J connectivity index is 1.92. The number of nitrogens with zero attached hydrogens (tertiary/aromatic N) is 1. The number of aromatic amines is 1. The number of H-pyrrole nitrogens is 1. The van der Waals surface area contributed by atoms with Crippen molar-refractivity contribution in [2.45, 2.75) is 45.1 Å². The van der Waals surface area contributed by atoms with Crippen LogP contribution in [0.5, 0.6) is 0 Å². The van der Waals surface area contributed by atoms with E-state index in [-0.39, 0.29) is 11.4 Å². The standard InChI is InChI=1S/C17H21IN2O/c1-11(21)20-7-6-12(9-17(20,2)3)15-10-19-16-8-13(18)4-5-14(15)16/h4-5,8,10,12,19H,6-7,9H2,1-3H3. The molecule has 1 atom stereocenters. The highest BCUT2D eigenvalue weighted by Crippen LogP contribution is 2.40. The van der Waals surface area contributed by atoms with E-state index in [2.05, 4.69) is 65.8 Å². The van der Waals surface area contributed by atoms with Gasteiger partial charge in [0.05, 0.1) is 0 Å². The van der Waals surface area contributed by atoms with E-state index in [4.69, 9.17) is 0 Å². The summed E-state index contributed by atoms with van der Waals surface area (Å²) in [5.74, 6) is 0.705. The zero-order valence-corrected chi connectivity index (χ0v) is 14.9. The number of benzene rings is 1. The predicted octanol–water partition coefficient (Wildman–Crippen LogP) is 4.28. The Bertz CT molecular complexity index is 689. The first kappa shape index (κ1) is 14.9. The van der Waals surface area contributed by atoms with E-state index < -0.39 is 0 Å². The third-order valence-electron chi connectivity index (χ3n) is 4.67. The van der Waals surface area contributed by atoms with Crippen LogP contribution < -0.4 is 0 Å². The largest absolute Gasteiger partial charge is 0.361 e. The van der Waals surface area contributed by atoms with Crippen LogP contribution in [0, 0.1) is 3.57 Å². The number of hydrogen-bond acceptors (Lipinski definition) is 1. The Morgan fingerprint density at radius 2 is 2.19 bits per heavy atom. The molecule has 0 saturated carbocycles. The van der Waals surface area contributed by atoms with Gasteiger partial charge in [-0.25, -0.2) is 0 Å². The summed E-state index contributed by atoms with van der Waals surface area (Å²) in [6.07, 6.45) is 4.22. The maximum atomic E-state index is 11.8. The van der Waals surface area contributed by atoms with Crippen LogP contribution in [-0.4, -0.2) is 27.9 Å². The average molecular weight is 396 g/mol. The van der Waals surface area contributed by atoms with Crippen molar-refractivity contribution >= 4 is 39.4 Å². The molecule has 0 aliphatic carbocycles. The minimum atomic E-state index is -0.0679. The Morgan fingerprint density at radius 3 is 2.86 bits per heavy atom. The van der Waals surface area contributed by atoms with Crippen molar-refractivity contribution in [3.05, 3.63) is 33.5 Å². The molecule has 1 aromatic heterocycles. The monoisotopic (exact) mass is 396 g/mol. The normalized spacial score (nSPS) is 21.7. The van der Waals surface area contributed by atoms with Gasteiger partial charge in [-0.3, -0.25) is 4.79 Å². The van der Waals surface area contributed by atoms with Crippen molar-refractivity contribution in [1.82, 2.24) is 9.88 Å². The summed E-state index contributed by atoms with van der Waals surface area (Å²) in [5.41, 5.74) is 2.54. The molecule has 0 spiro atoms. The summed E-state index contributed by atoms with van der Waals surface area (Å²) in [5, 5.41) is 1.33. The van der Waals surface area contributed by atoms with Crippen LogP contribution in [0.1, 0.15) is 45.1 Å². The number of likely N-dealkylation sites (tertiary alicyclic amines) is 1. The van der Waals surface area contributed by atoms with E-state index in [0.717, 1.165) is 19.4 Å². The Kier molecular flexibility index (Phi) is 3.76. The third-order valence-corrected chi connectivity index (χ3v) is 5.34. The first-order chi connectivity index (χ1) is 9.88. The molecule has 0 radical (unpaired) electrons. The summed E-state index contributed by atoms with van der Waals surface area (Å²) in [6, 6.07) is 6.57. The summed E-state index contributed by atoms with van der Waals surface area (Å²) in [7, 11) is 0. The predicted molar refractivity (Wildman–Crippen MR) is 94.5 cm³/mol. The first-order valence-corrected chi connectivity index (χ1v) is 8.51. The molecule has 2 aromatic rings. The van der Waals surface area contributed by atoms with Gasteiger partial charge >= 0.3 is 0 Å². The number of fused-ring (bicyclic) bond motifs is 1. The number of amides is 1. The van der Waals surface area contributed by atoms with Gasteiger partial charge in [0.2, 0.25) is 5.91 Å². The zero-order chi connectivity index (χ0) is 15.2. The molecule has 1 N–H and O–H groups in total. The first-order valence-electron chi connectivity index (χ1n) is 7.43. The van der Waals surface area contributed by atoms with Gasteiger partial charge < -0.3 is 9.88 Å². The van der Waals surface area contributed by atoms with Crippen molar-refractivity contribution in [3.8, 4) is 0 Å². The highest BCUT2D eigenvalue weighted by atomic mass is 127. The van der Waals surface area contributed by atoms with Crippen LogP contribution >= 0.6 is 22.6 Å². The van der Waals surface area contributed by atoms with Gasteiger partial charge in [-0.05, 0) is 72.9 Å². The number of hydrogen-bond donors (Lipinski definition) is 1. The van der Waals surface area contributed by atoms with Gasteiger partial charge in [-0.1, -0.05) is 6.07 Å². The second-order valence-corrected chi connectivity index (χ2v) is 7.85. The molecule has 21 heavy (non-hydrogen) atoms. The van der Waals surface area contributed by atoms with E-state index in [1.807, 2.05) is 4.90 Å². The van der Waals surface area contributed by atoms with E-state index in [1.54, 1.807) is 6.92 Å². The quantitative estimate of drug-likeness (QED) is 0.718. The SMILES string of the molecule is CC(=O)N1CCC(c2c[nH]c3cc(I)ccc23)CC1(C)C. The molecule has 3 nitrogen and oxygen atoms in total. The summed E-state index contributed by atoms with van der Waals surface area (Å²) in [4.78, 5) is 17.2. The van der Waals surface area contributed by atoms with Gasteiger partial charge in [-0.2, -0.15) is 0 Å². The van der Waals surface area contributed by atoms with Crippen molar-refractivity contribution < 1.29 is 4.79 Å². The van der Waals surface area contributed by atoms with Crippen LogP contribution in [0.25, 0.3) is 10.9 Å². The lowest BCUT2D eigenvalue weighted by Gasteiger charge is -2.45. The smallest absolute Gasteiger partial charge is 0.219 e. The number of nitrogens with one attached hydrogen (secondary N) is 1. The molecule has 1 aromatic carbocycles. The molecule has 1 saturated heterocycles. The van der Waals surface area contributed by atoms with E-state index in [0.29, 0.717) is 5.92 Å². The van der Waals surface area contributed by atoms with Crippen LogP contribution in [-0.2, 0) is 4.79 Å². The second kappa shape index (κ2) is 5.30. The lowest BCUT2D eigenvalue weighted by Crippen LogP contribution is -2.51. The Hall–Kier alpha value is -1.04. The topological polar surface area (TPSA) is 36.1 Å². The minimum absolute atomic E-state index is 0.0679. The van der Waals surface area contributed by atoms with Crippen LogP contribution in [0.3, 0.4) is 0 Å². The van der Waals surface area contributed by atoms with Crippen molar-refractivity contribution in [2.75, 3.05) is 6.54 Å². The molecule has 1 aliphatic rings. The third kappa shape index (κ3) is 2.70. The second-order valence-electron chi connectivity index (χ2n) is 6.61. The summed E-state index contributed by atoms with van der Waals surface area (Å²) < 4.78 is 1.25. The molecular formula is C17H21IN2O. The molecule has 2 heterocycles. The number of rotatable bonds is 1. The van der Waals surface area contributed by atoms with E-state index >= 15 is 0 Å². The zero-order valence-electron chi connectivity index (χ0n) is 12.7. The lowest BCUT2D eigenvalue weighted by molar-refractivity contribution is -0.136. The van der Waals surface area contributed by atoms with Crippen LogP contribution in [0.4, 0.5) is 0 Å². The fourth-order valence-electron chi connectivity index (χ4n) is 3.71. The molecule has 1 fully saturated rings. The highest BCUT2D eigenvalue weighted by Gasteiger charge is 2.37. The minimum Gasteiger partial charge on any atom is -0.361 e. The van der Waals surface area contributed by atoms with Crippen LogP contribution in [0.15, 0.2) is 24.4 Å². The van der Waals surface area contributed by atoms with Crippen molar-refractivity contribution in [2.24, 2.45) is 0 Å². The molecule has 3 rings (SSSR count). The van der Waals surface area contributed by atoms with Gasteiger partial charge in [0, 0.05) is 39.7 Å². The van der Waals surface area contributed by atoms with Crippen LogP contribution in [0.2, 0.25) is 0 Å². The number of carbonyl (C=O) groups is 1. The lowest BCUT2D eigenvalue weighted by atomic mass is 9.79. The Morgan fingerprint density at radius 1 is 1.43 bits per heavy atom. The van der Waals surface area contributed by atoms with E-state index in [9.17, 15) is 4.79 Å². The highest BCUT2D eigenvalue weighted by molar-refractivity contribution is 14.1. The number of piperidine rings is 1. The fraction of sp³-hybridized carbons (Fsp3) is 0.471. The molecule has 4 heteroatoms. The van der Waals surface area contributed by atoms with E-state index in [1.165, 1.54) is 20.0 Å². The van der Waals surface area contributed by atoms with Gasteiger partial charge in [0.15, 0.2) is 0 Å². The molecule has 1 amide bonds. The van der Waals surface area contributed by atoms with Crippen molar-refractivity contribution in [1.29, 1.82) is 0 Å². The molecular weight excluding hydrogens is 375 g/mol. The van der Waals surface area contributed by atoms with Gasteiger partial charge in [-0.15, -0.1) is 0 Å². The summed E-state index contributed by atoms with van der Waals surface area (Å²) >= 11 is 2.34. The summed E-state index contributed by atoms with van der Waals surface area (Å²) in [6.45, 7) is 6.89. The molecule has 0 bridgehead atoms. The fourth-order valence-corrected chi connectivity index (χ4v) is 4.20. The molecule has 1 unspecified atom stereocenters. The van der Waals surface area contributed by atoms with Gasteiger partial charge in [0.25, 0.3) is 0 Å². The Labute approximate surface area is 139 Å². The number of halogens is 1. The molecule has 112 valence electrons. The van der Waals surface area contributed by atoms with Gasteiger partial charge in [0.1, 0.15) is 0 Å². The number of aromatic nitrogens is 1. The average Bonchev–Trinajstić information content (AvgIpc) is 2.79. The number of carbonyl (C=O) groups excluding carboxylic acids is 1. The maximum absolute atomic E-state index is 11.8. The molecule has 1 aliphatic heterocycles.